The zero-order valence-electron chi connectivity index (χ0n) is 10.2. The summed E-state index contributed by atoms with van der Waals surface area (Å²) in [6.07, 6.45) is -0.244. The summed E-state index contributed by atoms with van der Waals surface area (Å²) < 4.78 is 18.4. The van der Waals surface area contributed by atoms with Crippen molar-refractivity contribution in [3.8, 4) is 0 Å². The fraction of sp³-hybridized carbons (Fsp3) is 0.333. The lowest BCUT2D eigenvalue weighted by molar-refractivity contribution is 0.0636. The normalized spacial score (nSPS) is 10.9. The van der Waals surface area contributed by atoms with Gasteiger partial charge in [-0.05, 0) is 48.8 Å². The highest BCUT2D eigenvalue weighted by atomic mass is 79.9. The van der Waals surface area contributed by atoms with E-state index in [1.807, 2.05) is 0 Å². The summed E-state index contributed by atoms with van der Waals surface area (Å²) in [5.74, 6) is -0.577. The average Bonchev–Trinajstić information content (AvgIpc) is 2.20. The highest BCUT2D eigenvalue weighted by Crippen LogP contribution is 2.24. The second kappa shape index (κ2) is 5.48. The van der Waals surface area contributed by atoms with E-state index in [1.54, 1.807) is 20.8 Å². The molecule has 0 heterocycles. The number of amides is 1. The zero-order chi connectivity index (χ0) is 13.9. The molecular weight excluding hydrogens is 305 g/mol. The Kier molecular flexibility index (Phi) is 4.45. The van der Waals surface area contributed by atoms with Crippen LogP contribution < -0.4 is 5.32 Å². The van der Waals surface area contributed by atoms with E-state index in [0.717, 1.165) is 6.07 Å². The maximum Gasteiger partial charge on any atom is 0.412 e. The van der Waals surface area contributed by atoms with Gasteiger partial charge in [0.05, 0.1) is 10.2 Å². The van der Waals surface area contributed by atoms with Crippen LogP contribution in [0.5, 0.6) is 0 Å². The Hall–Kier alpha value is -1.43. The zero-order valence-corrected chi connectivity index (χ0v) is 11.8. The van der Waals surface area contributed by atoms with Gasteiger partial charge >= 0.3 is 6.09 Å². The number of hydrogen-bond acceptors (Lipinski definition) is 3. The van der Waals surface area contributed by atoms with Gasteiger partial charge < -0.3 is 4.74 Å². The Morgan fingerprint density at radius 3 is 2.56 bits per heavy atom. The fourth-order valence-corrected chi connectivity index (χ4v) is 1.52. The molecule has 4 nitrogen and oxygen atoms in total. The number of aldehydes is 1. The van der Waals surface area contributed by atoms with Crippen molar-refractivity contribution in [2.45, 2.75) is 26.4 Å². The molecule has 1 amide bonds. The monoisotopic (exact) mass is 317 g/mol. The molecule has 1 rings (SSSR count). The topological polar surface area (TPSA) is 55.4 Å². The molecule has 0 aliphatic rings. The Morgan fingerprint density at radius 2 is 2.06 bits per heavy atom. The minimum Gasteiger partial charge on any atom is -0.444 e. The molecule has 0 radical (unpaired) electrons. The maximum absolute atomic E-state index is 13.2. The van der Waals surface area contributed by atoms with Gasteiger partial charge in [-0.3, -0.25) is 10.1 Å². The molecular formula is C12H13BrFNO3. The number of halogens is 2. The predicted octanol–water partition coefficient (Wildman–Crippen LogP) is 3.75. The first-order valence-electron chi connectivity index (χ1n) is 5.17. The predicted molar refractivity (Wildman–Crippen MR) is 69.3 cm³/mol. The number of nitrogens with one attached hydrogen (secondary N) is 1. The lowest BCUT2D eigenvalue weighted by Gasteiger charge is -2.20. The van der Waals surface area contributed by atoms with Gasteiger partial charge in [-0.1, -0.05) is 0 Å². The summed E-state index contributed by atoms with van der Waals surface area (Å²) >= 11 is 2.98. The van der Waals surface area contributed by atoms with E-state index < -0.39 is 17.5 Å². The highest BCUT2D eigenvalue weighted by Gasteiger charge is 2.18. The molecule has 1 aromatic carbocycles. The number of carbonyl (C=O) groups is 2. The van der Waals surface area contributed by atoms with Gasteiger partial charge in [-0.25, -0.2) is 9.18 Å². The van der Waals surface area contributed by atoms with Crippen molar-refractivity contribution in [2.24, 2.45) is 0 Å². The quantitative estimate of drug-likeness (QED) is 0.845. The molecule has 0 atom stereocenters. The first-order valence-corrected chi connectivity index (χ1v) is 5.96. The number of hydrogen-bond donors (Lipinski definition) is 1. The van der Waals surface area contributed by atoms with Crippen LogP contribution in [0.1, 0.15) is 31.1 Å². The Balaban J connectivity index is 2.94. The SMILES string of the molecule is CC(C)(C)OC(=O)Nc1cc(Br)c(F)cc1C=O. The molecule has 1 N–H and O–H groups in total. The summed E-state index contributed by atoms with van der Waals surface area (Å²) in [5, 5.41) is 2.40. The van der Waals surface area contributed by atoms with Crippen LogP contribution in [0.25, 0.3) is 0 Å². The minimum absolute atomic E-state index is 0.0431. The molecule has 6 heteroatoms. The lowest BCUT2D eigenvalue weighted by Crippen LogP contribution is -2.27. The summed E-state index contributed by atoms with van der Waals surface area (Å²) in [6, 6.07) is 2.34. The third-order valence-electron chi connectivity index (χ3n) is 1.86. The molecule has 0 bridgehead atoms. The van der Waals surface area contributed by atoms with Crippen molar-refractivity contribution in [3.63, 3.8) is 0 Å². The van der Waals surface area contributed by atoms with Crippen molar-refractivity contribution in [2.75, 3.05) is 5.32 Å². The van der Waals surface area contributed by atoms with Gasteiger partial charge in [0, 0.05) is 5.56 Å². The highest BCUT2D eigenvalue weighted by molar-refractivity contribution is 9.10. The van der Waals surface area contributed by atoms with E-state index in [-0.39, 0.29) is 15.7 Å². The van der Waals surface area contributed by atoms with E-state index in [1.165, 1.54) is 6.07 Å². The minimum atomic E-state index is -0.705. The Bertz CT molecular complexity index is 483. The van der Waals surface area contributed by atoms with Gasteiger partial charge in [0.1, 0.15) is 11.4 Å². The molecule has 0 saturated carbocycles. The number of ether oxygens (including phenoxy) is 1. The summed E-state index contributed by atoms with van der Waals surface area (Å²) in [6.45, 7) is 5.15. The van der Waals surface area contributed by atoms with Crippen molar-refractivity contribution in [1.29, 1.82) is 0 Å². The van der Waals surface area contributed by atoms with Crippen molar-refractivity contribution < 1.29 is 18.7 Å². The first kappa shape index (κ1) is 14.6. The van der Waals surface area contributed by atoms with Crippen LogP contribution in [0.4, 0.5) is 14.9 Å². The standard InChI is InChI=1S/C12H13BrFNO3/c1-12(2,3)18-11(17)15-10-5-8(13)9(14)4-7(10)6-16/h4-6H,1-3H3,(H,15,17). The third kappa shape index (κ3) is 4.10. The van der Waals surface area contributed by atoms with E-state index in [2.05, 4.69) is 21.2 Å². The second-order valence-corrected chi connectivity index (χ2v) is 5.45. The largest absolute Gasteiger partial charge is 0.444 e. The molecule has 98 valence electrons. The number of anilines is 1. The second-order valence-electron chi connectivity index (χ2n) is 4.60. The van der Waals surface area contributed by atoms with Crippen molar-refractivity contribution >= 4 is 34.0 Å². The van der Waals surface area contributed by atoms with Gasteiger partial charge in [0.15, 0.2) is 6.29 Å². The molecule has 0 aliphatic heterocycles. The van der Waals surface area contributed by atoms with E-state index in [4.69, 9.17) is 4.74 Å². The van der Waals surface area contributed by atoms with Gasteiger partial charge in [-0.2, -0.15) is 0 Å². The van der Waals surface area contributed by atoms with E-state index in [0.29, 0.717) is 6.29 Å². The van der Waals surface area contributed by atoms with Crippen LogP contribution in [0.2, 0.25) is 0 Å². The van der Waals surface area contributed by atoms with E-state index in [9.17, 15) is 14.0 Å². The maximum atomic E-state index is 13.2. The Labute approximate surface area is 113 Å². The van der Waals surface area contributed by atoms with Crippen LogP contribution in [0.15, 0.2) is 16.6 Å². The number of carbonyl (C=O) groups excluding carboxylic acids is 2. The van der Waals surface area contributed by atoms with Crippen LogP contribution >= 0.6 is 15.9 Å². The lowest BCUT2D eigenvalue weighted by atomic mass is 10.2. The summed E-state index contributed by atoms with van der Waals surface area (Å²) in [5.41, 5.74) is -0.419. The molecule has 0 unspecified atom stereocenters. The molecule has 0 saturated heterocycles. The smallest absolute Gasteiger partial charge is 0.412 e. The average molecular weight is 318 g/mol. The molecule has 0 spiro atoms. The first-order chi connectivity index (χ1) is 8.23. The summed E-state index contributed by atoms with van der Waals surface area (Å²) in [7, 11) is 0. The Morgan fingerprint density at radius 1 is 1.44 bits per heavy atom. The number of rotatable bonds is 2. The van der Waals surface area contributed by atoms with Crippen LogP contribution in [0.3, 0.4) is 0 Å². The molecule has 1 aromatic rings. The van der Waals surface area contributed by atoms with Gasteiger partial charge in [0.2, 0.25) is 0 Å². The van der Waals surface area contributed by atoms with Gasteiger partial charge in [0.25, 0.3) is 0 Å². The van der Waals surface area contributed by atoms with E-state index >= 15 is 0 Å². The number of benzene rings is 1. The third-order valence-corrected chi connectivity index (χ3v) is 2.46. The van der Waals surface area contributed by atoms with Gasteiger partial charge in [-0.15, -0.1) is 0 Å². The van der Waals surface area contributed by atoms with Crippen LogP contribution in [-0.4, -0.2) is 18.0 Å². The molecule has 0 aromatic heterocycles. The van der Waals surface area contributed by atoms with Crippen molar-refractivity contribution in [3.05, 3.63) is 28.0 Å². The molecule has 0 fully saturated rings. The fourth-order valence-electron chi connectivity index (χ4n) is 1.18. The summed E-state index contributed by atoms with van der Waals surface area (Å²) in [4.78, 5) is 22.3. The van der Waals surface area contributed by atoms with Crippen LogP contribution in [-0.2, 0) is 4.74 Å². The molecule has 0 aliphatic carbocycles. The van der Waals surface area contributed by atoms with Crippen molar-refractivity contribution in [1.82, 2.24) is 0 Å². The van der Waals surface area contributed by atoms with Crippen LogP contribution in [0, 0.1) is 5.82 Å². The molecule has 18 heavy (non-hydrogen) atoms.